The maximum atomic E-state index is 12.7. The Labute approximate surface area is 222 Å². The molecule has 2 rings (SSSR count). The third kappa shape index (κ3) is 10.6. The molecular weight excluding hydrogens is 504 g/mol. The number of carbonyl (C=O) groups excluding carboxylic acids is 3. The van der Waals surface area contributed by atoms with Crippen molar-refractivity contribution in [2.45, 2.75) is 84.5 Å². The minimum Gasteiger partial charge on any atom is -0.444 e. The van der Waals surface area contributed by atoms with Gasteiger partial charge in [-0.05, 0) is 83.8 Å². The van der Waals surface area contributed by atoms with Gasteiger partial charge in [0, 0.05) is 17.7 Å². The van der Waals surface area contributed by atoms with Crippen LogP contribution in [0.1, 0.15) is 67.2 Å². The predicted molar refractivity (Wildman–Crippen MR) is 144 cm³/mol. The summed E-state index contributed by atoms with van der Waals surface area (Å²) in [4.78, 5) is 47.4. The molecule has 1 heterocycles. The maximum Gasteiger partial charge on any atom is 0.414 e. The number of aliphatic imine (C=N–C) groups is 1. The van der Waals surface area contributed by atoms with E-state index in [0.29, 0.717) is 12.8 Å². The number of rotatable bonds is 4. The molecule has 2 fully saturated rings. The molecule has 204 valence electrons. The van der Waals surface area contributed by atoms with Crippen LogP contribution in [0, 0.1) is 5.92 Å². The molecule has 0 unspecified atom stereocenters. The van der Waals surface area contributed by atoms with Crippen LogP contribution in [0.4, 0.5) is 9.59 Å². The number of hydroxylamine groups is 2. The summed E-state index contributed by atoms with van der Waals surface area (Å²) >= 11 is 3.68. The zero-order chi connectivity index (χ0) is 27.1. The minimum atomic E-state index is -0.751. The van der Waals surface area contributed by atoms with Gasteiger partial charge in [0.05, 0.1) is 13.2 Å². The Kier molecular flexibility index (Phi) is 11.0. The van der Waals surface area contributed by atoms with Crippen molar-refractivity contribution >= 4 is 47.6 Å². The van der Waals surface area contributed by atoms with Crippen LogP contribution in [0.2, 0.25) is 0 Å². The molecule has 1 aliphatic carbocycles. The molecule has 1 saturated heterocycles. The number of thioether (sulfide) groups is 2. The second-order valence-electron chi connectivity index (χ2n) is 10.7. The molecule has 0 aromatic carbocycles. The number of guanidine groups is 1. The van der Waals surface area contributed by atoms with E-state index < -0.39 is 23.4 Å². The Morgan fingerprint density at radius 1 is 0.972 bits per heavy atom. The highest BCUT2D eigenvalue weighted by atomic mass is 32.2. The molecule has 36 heavy (non-hydrogen) atoms. The Morgan fingerprint density at radius 2 is 1.50 bits per heavy atom. The number of nitrogens with zero attached hydrogens (tertiary/aromatic N) is 2. The predicted octanol–water partition coefficient (Wildman–Crippen LogP) is 4.66. The summed E-state index contributed by atoms with van der Waals surface area (Å²) in [6.45, 7) is 10.5. The maximum absolute atomic E-state index is 12.7. The summed E-state index contributed by atoms with van der Waals surface area (Å²) < 4.78 is 12.0. The van der Waals surface area contributed by atoms with E-state index in [9.17, 15) is 14.4 Å². The van der Waals surface area contributed by atoms with Crippen molar-refractivity contribution in [3.63, 3.8) is 0 Å². The van der Waals surface area contributed by atoms with Crippen molar-refractivity contribution in [2.75, 3.05) is 25.7 Å². The van der Waals surface area contributed by atoms with Gasteiger partial charge in [0.2, 0.25) is 11.9 Å². The van der Waals surface area contributed by atoms with Crippen LogP contribution in [-0.2, 0) is 19.1 Å². The number of ether oxygens (including phenoxy) is 2. The molecule has 10 nitrogen and oxygen atoms in total. The van der Waals surface area contributed by atoms with Crippen LogP contribution in [0.15, 0.2) is 14.8 Å². The lowest BCUT2D eigenvalue weighted by atomic mass is 9.99. The smallest absolute Gasteiger partial charge is 0.414 e. The highest BCUT2D eigenvalue weighted by Crippen LogP contribution is 2.45. The first-order chi connectivity index (χ1) is 16.7. The summed E-state index contributed by atoms with van der Waals surface area (Å²) in [5.41, 5.74) is -0.215. The van der Waals surface area contributed by atoms with Gasteiger partial charge in [-0.1, -0.05) is 0 Å². The van der Waals surface area contributed by atoms with Gasteiger partial charge in [-0.3, -0.25) is 20.3 Å². The van der Waals surface area contributed by atoms with Crippen LogP contribution >= 0.6 is 23.5 Å². The topological polar surface area (TPSA) is 119 Å². The van der Waals surface area contributed by atoms with Crippen molar-refractivity contribution in [3.8, 4) is 0 Å². The third-order valence-electron chi connectivity index (χ3n) is 5.15. The molecule has 0 spiro atoms. The molecule has 12 heteroatoms. The molecule has 0 aromatic rings. The lowest BCUT2D eigenvalue weighted by Gasteiger charge is -2.23. The zero-order valence-corrected chi connectivity index (χ0v) is 24.2. The number of alkyl carbamates (subject to hydrolysis) is 2. The van der Waals surface area contributed by atoms with E-state index >= 15 is 0 Å². The number of nitrogens with one attached hydrogen (secondary N) is 2. The van der Waals surface area contributed by atoms with Crippen molar-refractivity contribution in [2.24, 2.45) is 10.9 Å². The summed E-state index contributed by atoms with van der Waals surface area (Å²) in [6, 6.07) is -0.343. The van der Waals surface area contributed by atoms with E-state index in [4.69, 9.17) is 19.3 Å². The molecule has 0 bridgehead atoms. The summed E-state index contributed by atoms with van der Waals surface area (Å²) in [7, 11) is 3.01. The van der Waals surface area contributed by atoms with E-state index in [1.165, 1.54) is 22.0 Å². The monoisotopic (exact) mass is 544 g/mol. The minimum absolute atomic E-state index is 0.0729. The first kappa shape index (κ1) is 30.3. The van der Waals surface area contributed by atoms with Gasteiger partial charge >= 0.3 is 12.2 Å². The molecular formula is C24H40N4O6S2. The Balaban J connectivity index is 2.34. The van der Waals surface area contributed by atoms with Crippen molar-refractivity contribution in [3.05, 3.63) is 9.81 Å². The fourth-order valence-electron chi connectivity index (χ4n) is 3.63. The average Bonchev–Trinajstić information content (AvgIpc) is 3.12. The number of hydrogen-bond acceptors (Lipinski definition) is 9. The molecule has 2 aliphatic rings. The first-order valence-corrected chi connectivity index (χ1v) is 14.0. The number of carbonyl (C=O) groups is 3. The largest absolute Gasteiger partial charge is 0.444 e. The first-order valence-electron chi connectivity index (χ1n) is 12.0. The van der Waals surface area contributed by atoms with Gasteiger partial charge in [-0.2, -0.15) is 0 Å². The van der Waals surface area contributed by atoms with Gasteiger partial charge in [-0.25, -0.2) is 19.6 Å². The highest BCUT2D eigenvalue weighted by Gasteiger charge is 2.36. The quantitative estimate of drug-likeness (QED) is 0.298. The second-order valence-corrected chi connectivity index (χ2v) is 13.2. The SMILES string of the molecule is CON(C)C(=O)C[C@@H]1CC(=C2SCCCS2)C[C@H]1N=C(NC(=O)OC(C)(C)C)NC(=O)OC(C)(C)C. The van der Waals surface area contributed by atoms with Crippen molar-refractivity contribution in [1.29, 1.82) is 0 Å². The molecule has 0 radical (unpaired) electrons. The molecule has 3 amide bonds. The van der Waals surface area contributed by atoms with Crippen LogP contribution in [-0.4, -0.2) is 72.0 Å². The van der Waals surface area contributed by atoms with E-state index in [1.807, 2.05) is 23.5 Å². The van der Waals surface area contributed by atoms with E-state index in [1.54, 1.807) is 48.6 Å². The van der Waals surface area contributed by atoms with E-state index in [-0.39, 0.29) is 30.2 Å². The lowest BCUT2D eigenvalue weighted by molar-refractivity contribution is -0.169. The zero-order valence-electron chi connectivity index (χ0n) is 22.6. The van der Waals surface area contributed by atoms with Crippen molar-refractivity contribution in [1.82, 2.24) is 15.7 Å². The van der Waals surface area contributed by atoms with Crippen LogP contribution < -0.4 is 10.6 Å². The fourth-order valence-corrected chi connectivity index (χ4v) is 6.34. The Bertz CT molecular complexity index is 839. The molecule has 2 atom stereocenters. The van der Waals surface area contributed by atoms with Gasteiger partial charge in [0.15, 0.2) is 0 Å². The summed E-state index contributed by atoms with van der Waals surface area (Å²) in [5, 5.41) is 6.30. The summed E-state index contributed by atoms with van der Waals surface area (Å²) in [5.74, 6) is 1.77. The van der Waals surface area contributed by atoms with Crippen molar-refractivity contribution < 1.29 is 28.7 Å². The highest BCUT2D eigenvalue weighted by molar-refractivity contribution is 8.22. The molecule has 1 aliphatic heterocycles. The summed E-state index contributed by atoms with van der Waals surface area (Å²) in [6.07, 6.45) is 1.21. The molecule has 1 saturated carbocycles. The second kappa shape index (κ2) is 13.0. The number of hydrogen-bond donors (Lipinski definition) is 2. The lowest BCUT2D eigenvalue weighted by Crippen LogP contribution is -2.48. The standard InChI is InChI=1S/C24H40N4O6S2/c1-23(2,3)33-21(30)26-20(27-22(31)34-24(4,5)6)25-17-13-16(19-35-10-9-11-36-19)12-15(17)14-18(29)28(7)32-8/h15,17H,9-14H2,1-8H3,(H2,25,26,27,30,31)/t15-,17+/m0/s1. The third-order valence-corrected chi connectivity index (χ3v) is 7.94. The molecule has 0 aromatic heterocycles. The van der Waals surface area contributed by atoms with E-state index in [2.05, 4.69) is 10.6 Å². The van der Waals surface area contributed by atoms with Crippen LogP contribution in [0.5, 0.6) is 0 Å². The Hall–Kier alpha value is -1.92. The number of amides is 3. The van der Waals surface area contributed by atoms with E-state index in [0.717, 1.165) is 17.9 Å². The Morgan fingerprint density at radius 3 is 1.97 bits per heavy atom. The average molecular weight is 545 g/mol. The van der Waals surface area contributed by atoms with Crippen LogP contribution in [0.25, 0.3) is 0 Å². The van der Waals surface area contributed by atoms with Gasteiger partial charge < -0.3 is 9.47 Å². The fraction of sp³-hybridized carbons (Fsp3) is 0.750. The van der Waals surface area contributed by atoms with Gasteiger partial charge in [0.25, 0.3) is 0 Å². The van der Waals surface area contributed by atoms with Crippen LogP contribution in [0.3, 0.4) is 0 Å². The van der Waals surface area contributed by atoms with Gasteiger partial charge in [-0.15, -0.1) is 23.5 Å². The normalized spacial score (nSPS) is 20.4. The molecule has 2 N–H and O–H groups in total. The van der Waals surface area contributed by atoms with Gasteiger partial charge in [0.1, 0.15) is 11.2 Å².